The van der Waals surface area contributed by atoms with Crippen molar-refractivity contribution in [2.75, 3.05) is 5.32 Å². The molecular weight excluding hydrogens is 402 g/mol. The Hall–Kier alpha value is -4.39. The molecule has 7 nitrogen and oxygen atoms in total. The lowest BCUT2D eigenvalue weighted by Gasteiger charge is -2.07. The Morgan fingerprint density at radius 2 is 1.66 bits per heavy atom. The predicted molar refractivity (Wildman–Crippen MR) is 124 cm³/mol. The van der Waals surface area contributed by atoms with Gasteiger partial charge in [0.1, 0.15) is 11.3 Å². The van der Waals surface area contributed by atoms with E-state index in [0.717, 1.165) is 16.9 Å². The van der Waals surface area contributed by atoms with Crippen LogP contribution in [0.3, 0.4) is 0 Å². The number of aromatic nitrogens is 4. The summed E-state index contributed by atoms with van der Waals surface area (Å²) in [7, 11) is 1.79. The standard InChI is InChI=1S/C25H21N5O2/c1-17-23(25(32)30(28(17)2)20-11-7-4-8-12-20)27-24(31)19-13-14-29-16-21(26-22(29)15-19)18-9-5-3-6-10-18/h3-16H,1-2H3,(H,27,31). The van der Waals surface area contributed by atoms with Gasteiger partial charge in [0, 0.05) is 30.6 Å². The fourth-order valence-corrected chi connectivity index (χ4v) is 3.77. The quantitative estimate of drug-likeness (QED) is 0.474. The minimum Gasteiger partial charge on any atom is -0.316 e. The summed E-state index contributed by atoms with van der Waals surface area (Å²) in [5, 5.41) is 2.80. The van der Waals surface area contributed by atoms with E-state index in [0.29, 0.717) is 16.9 Å². The molecule has 0 aliphatic rings. The molecule has 0 aliphatic heterocycles. The SMILES string of the molecule is Cc1c(NC(=O)c2ccn3cc(-c4ccccc4)nc3c2)c(=O)n(-c2ccccc2)n1C. The molecule has 0 spiro atoms. The number of carbonyl (C=O) groups is 1. The Bertz CT molecular complexity index is 1490. The molecule has 32 heavy (non-hydrogen) atoms. The van der Waals surface area contributed by atoms with E-state index in [2.05, 4.69) is 10.3 Å². The van der Waals surface area contributed by atoms with Crippen molar-refractivity contribution in [3.8, 4) is 16.9 Å². The molecule has 1 N–H and O–H groups in total. The van der Waals surface area contributed by atoms with Gasteiger partial charge in [-0.1, -0.05) is 48.5 Å². The number of fused-ring (bicyclic) bond motifs is 1. The topological polar surface area (TPSA) is 73.3 Å². The van der Waals surface area contributed by atoms with Gasteiger partial charge in [-0.25, -0.2) is 9.67 Å². The first-order chi connectivity index (χ1) is 15.5. The molecule has 0 saturated carbocycles. The Kier molecular flexibility index (Phi) is 4.71. The number of nitrogens with zero attached hydrogens (tertiary/aromatic N) is 4. The maximum Gasteiger partial charge on any atom is 0.295 e. The van der Waals surface area contributed by atoms with Gasteiger partial charge >= 0.3 is 0 Å². The third kappa shape index (κ3) is 3.30. The van der Waals surface area contributed by atoms with Gasteiger partial charge in [-0.3, -0.25) is 14.3 Å². The summed E-state index contributed by atoms with van der Waals surface area (Å²) in [6.45, 7) is 1.81. The summed E-state index contributed by atoms with van der Waals surface area (Å²) < 4.78 is 5.14. The normalized spacial score (nSPS) is 11.1. The number of benzene rings is 2. The summed E-state index contributed by atoms with van der Waals surface area (Å²) >= 11 is 0. The second-order valence-corrected chi connectivity index (χ2v) is 7.56. The van der Waals surface area contributed by atoms with Gasteiger partial charge in [0.2, 0.25) is 0 Å². The van der Waals surface area contributed by atoms with Gasteiger partial charge in [-0.05, 0) is 31.2 Å². The van der Waals surface area contributed by atoms with Crippen molar-refractivity contribution >= 4 is 17.2 Å². The van der Waals surface area contributed by atoms with Crippen LogP contribution in [0.25, 0.3) is 22.6 Å². The molecule has 2 aromatic carbocycles. The molecule has 0 aliphatic carbocycles. The first kappa shape index (κ1) is 19.6. The third-order valence-corrected chi connectivity index (χ3v) is 5.58. The van der Waals surface area contributed by atoms with E-state index >= 15 is 0 Å². The molecule has 158 valence electrons. The molecule has 3 heterocycles. The average molecular weight is 423 g/mol. The molecule has 0 unspecified atom stereocenters. The van der Waals surface area contributed by atoms with Gasteiger partial charge in [0.15, 0.2) is 0 Å². The summed E-state index contributed by atoms with van der Waals surface area (Å²) in [6.07, 6.45) is 3.72. The van der Waals surface area contributed by atoms with E-state index in [4.69, 9.17) is 0 Å². The van der Waals surface area contributed by atoms with Crippen molar-refractivity contribution in [3.05, 3.63) is 107 Å². The van der Waals surface area contributed by atoms with Crippen LogP contribution in [0.2, 0.25) is 0 Å². The zero-order valence-corrected chi connectivity index (χ0v) is 17.7. The molecule has 0 radical (unpaired) electrons. The van der Waals surface area contributed by atoms with Crippen molar-refractivity contribution in [1.82, 2.24) is 18.7 Å². The number of pyridine rings is 1. The highest BCUT2D eigenvalue weighted by atomic mass is 16.2. The smallest absolute Gasteiger partial charge is 0.295 e. The van der Waals surface area contributed by atoms with Crippen LogP contribution in [0.15, 0.2) is 90.0 Å². The van der Waals surface area contributed by atoms with Crippen molar-refractivity contribution in [3.63, 3.8) is 0 Å². The molecule has 5 rings (SSSR count). The maximum absolute atomic E-state index is 13.1. The maximum atomic E-state index is 13.1. The molecule has 0 saturated heterocycles. The molecule has 3 aromatic heterocycles. The zero-order chi connectivity index (χ0) is 22.2. The number of rotatable bonds is 4. The van der Waals surface area contributed by atoms with Crippen molar-refractivity contribution in [2.45, 2.75) is 6.92 Å². The van der Waals surface area contributed by atoms with E-state index < -0.39 is 0 Å². The fourth-order valence-electron chi connectivity index (χ4n) is 3.77. The van der Waals surface area contributed by atoms with Gasteiger partial charge in [-0.2, -0.15) is 0 Å². The number of carbonyl (C=O) groups excluding carboxylic acids is 1. The average Bonchev–Trinajstić information content (AvgIpc) is 3.34. The summed E-state index contributed by atoms with van der Waals surface area (Å²) in [6, 6.07) is 22.6. The fraction of sp³-hybridized carbons (Fsp3) is 0.0800. The highest BCUT2D eigenvalue weighted by Gasteiger charge is 2.19. The second kappa shape index (κ2) is 7.70. The van der Waals surface area contributed by atoms with Crippen LogP contribution >= 0.6 is 0 Å². The van der Waals surface area contributed by atoms with Crippen molar-refractivity contribution < 1.29 is 4.79 Å². The number of imidazole rings is 1. The van der Waals surface area contributed by atoms with Crippen LogP contribution in [0.1, 0.15) is 16.1 Å². The molecule has 0 atom stereocenters. The minimum atomic E-state index is -0.359. The lowest BCUT2D eigenvalue weighted by Crippen LogP contribution is -2.23. The summed E-state index contributed by atoms with van der Waals surface area (Å²) in [5.74, 6) is -0.359. The van der Waals surface area contributed by atoms with Crippen molar-refractivity contribution in [2.24, 2.45) is 7.05 Å². The highest BCUT2D eigenvalue weighted by Crippen LogP contribution is 2.20. The Morgan fingerprint density at radius 3 is 2.38 bits per heavy atom. The van der Waals surface area contributed by atoms with E-state index in [1.54, 1.807) is 37.0 Å². The molecule has 0 fully saturated rings. The second-order valence-electron chi connectivity index (χ2n) is 7.56. The van der Waals surface area contributed by atoms with Crippen LogP contribution in [0.5, 0.6) is 0 Å². The molecule has 7 heteroatoms. The first-order valence-corrected chi connectivity index (χ1v) is 10.2. The Balaban J connectivity index is 1.47. The van der Waals surface area contributed by atoms with Gasteiger partial charge in [0.05, 0.1) is 17.1 Å². The highest BCUT2D eigenvalue weighted by molar-refractivity contribution is 6.05. The number of amides is 1. The van der Waals surface area contributed by atoms with Gasteiger partial charge < -0.3 is 9.72 Å². The van der Waals surface area contributed by atoms with Crippen molar-refractivity contribution in [1.29, 1.82) is 0 Å². The third-order valence-electron chi connectivity index (χ3n) is 5.58. The van der Waals surface area contributed by atoms with Crippen LogP contribution in [-0.4, -0.2) is 24.7 Å². The number of nitrogens with one attached hydrogen (secondary N) is 1. The molecule has 5 aromatic rings. The largest absolute Gasteiger partial charge is 0.316 e. The number of hydrogen-bond donors (Lipinski definition) is 1. The monoisotopic (exact) mass is 423 g/mol. The van der Waals surface area contributed by atoms with Crippen LogP contribution in [0, 0.1) is 6.92 Å². The van der Waals surface area contributed by atoms with E-state index in [-0.39, 0.29) is 17.2 Å². The lowest BCUT2D eigenvalue weighted by atomic mass is 10.2. The van der Waals surface area contributed by atoms with Crippen LogP contribution in [-0.2, 0) is 7.05 Å². The predicted octanol–water partition coefficient (Wildman–Crippen LogP) is 4.05. The van der Waals surface area contributed by atoms with Crippen LogP contribution < -0.4 is 10.9 Å². The number of anilines is 1. The van der Waals surface area contributed by atoms with E-state index in [9.17, 15) is 9.59 Å². The first-order valence-electron chi connectivity index (χ1n) is 10.2. The number of para-hydroxylation sites is 1. The molecule has 1 amide bonds. The number of hydrogen-bond acceptors (Lipinski definition) is 3. The van der Waals surface area contributed by atoms with E-state index in [1.807, 2.05) is 71.3 Å². The summed E-state index contributed by atoms with van der Waals surface area (Å²) in [5.41, 5.74) is 4.29. The van der Waals surface area contributed by atoms with Crippen LogP contribution in [0.4, 0.5) is 5.69 Å². The molecule has 0 bridgehead atoms. The summed E-state index contributed by atoms with van der Waals surface area (Å²) in [4.78, 5) is 30.7. The Morgan fingerprint density at radius 1 is 0.969 bits per heavy atom. The van der Waals surface area contributed by atoms with E-state index in [1.165, 1.54) is 4.68 Å². The zero-order valence-electron chi connectivity index (χ0n) is 17.7. The molecular formula is C25H21N5O2. The lowest BCUT2D eigenvalue weighted by molar-refractivity contribution is 0.102. The minimum absolute atomic E-state index is 0.259. The van der Waals surface area contributed by atoms with Gasteiger partial charge in [-0.15, -0.1) is 0 Å². The van der Waals surface area contributed by atoms with Gasteiger partial charge in [0.25, 0.3) is 11.5 Å². The Labute approximate surface area is 184 Å².